The first-order valence-corrected chi connectivity index (χ1v) is 9.15. The largest absolute Gasteiger partial charge is 0.375 e. The van der Waals surface area contributed by atoms with E-state index < -0.39 is 0 Å². The van der Waals surface area contributed by atoms with Crippen LogP contribution >= 0.6 is 11.3 Å². The number of nitrogens with one attached hydrogen (secondary N) is 1. The normalized spacial score (nSPS) is 19.2. The Morgan fingerprint density at radius 1 is 1.33 bits per heavy atom. The smallest absolute Gasteiger partial charge is 0.185 e. The lowest BCUT2D eigenvalue weighted by atomic mass is 10.2. The summed E-state index contributed by atoms with van der Waals surface area (Å²) in [4.78, 5) is 8.74. The third-order valence-electron chi connectivity index (χ3n) is 3.83. The molecule has 1 aliphatic heterocycles. The Bertz CT molecular complexity index is 422. The fourth-order valence-corrected chi connectivity index (χ4v) is 3.70. The van der Waals surface area contributed by atoms with Crippen molar-refractivity contribution in [1.82, 2.24) is 10.3 Å². The van der Waals surface area contributed by atoms with E-state index in [1.165, 1.54) is 22.1 Å². The van der Waals surface area contributed by atoms with Gasteiger partial charge in [-0.05, 0) is 25.8 Å². The molecule has 0 spiro atoms. The molecule has 2 heterocycles. The van der Waals surface area contributed by atoms with Crippen LogP contribution in [-0.4, -0.2) is 37.3 Å². The average molecular weight is 311 g/mol. The van der Waals surface area contributed by atoms with E-state index in [1.807, 2.05) is 11.3 Å². The molecule has 1 aromatic rings. The van der Waals surface area contributed by atoms with Crippen LogP contribution in [0.1, 0.15) is 50.6 Å². The standard InChI is InChI=1S/C16H29N3OS/c1-4-7-14-15(11-17-8-5-2)21-16(18-14)19-9-10-20-13(6-3)12-19/h13,17H,4-12H2,1-3H3. The van der Waals surface area contributed by atoms with Crippen molar-refractivity contribution in [3.63, 3.8) is 0 Å². The average Bonchev–Trinajstić information content (AvgIpc) is 2.91. The summed E-state index contributed by atoms with van der Waals surface area (Å²) in [7, 11) is 0. The molecule has 0 aliphatic carbocycles. The molecule has 1 unspecified atom stereocenters. The fraction of sp³-hybridized carbons (Fsp3) is 0.812. The van der Waals surface area contributed by atoms with Crippen molar-refractivity contribution in [3.8, 4) is 0 Å². The maximum atomic E-state index is 5.77. The van der Waals surface area contributed by atoms with Gasteiger partial charge in [0.1, 0.15) is 0 Å². The summed E-state index contributed by atoms with van der Waals surface area (Å²) in [5, 5.41) is 4.70. The number of hydrogen-bond donors (Lipinski definition) is 1. The van der Waals surface area contributed by atoms with Gasteiger partial charge < -0.3 is 15.0 Å². The number of morpholine rings is 1. The number of aromatic nitrogens is 1. The summed E-state index contributed by atoms with van der Waals surface area (Å²) < 4.78 is 5.77. The second kappa shape index (κ2) is 8.71. The second-order valence-electron chi connectivity index (χ2n) is 5.64. The van der Waals surface area contributed by atoms with E-state index in [1.54, 1.807) is 0 Å². The predicted octanol–water partition coefficient (Wildman–Crippen LogP) is 3.21. The summed E-state index contributed by atoms with van der Waals surface area (Å²) in [6, 6.07) is 0. The van der Waals surface area contributed by atoms with Crippen molar-refractivity contribution in [2.24, 2.45) is 0 Å². The number of rotatable bonds is 8. The molecule has 2 rings (SSSR count). The van der Waals surface area contributed by atoms with Gasteiger partial charge in [0.2, 0.25) is 0 Å². The molecule has 1 fully saturated rings. The van der Waals surface area contributed by atoms with Crippen molar-refractivity contribution >= 4 is 16.5 Å². The van der Waals surface area contributed by atoms with Gasteiger partial charge >= 0.3 is 0 Å². The lowest BCUT2D eigenvalue weighted by molar-refractivity contribution is 0.0384. The van der Waals surface area contributed by atoms with E-state index in [0.29, 0.717) is 6.10 Å². The zero-order valence-corrected chi connectivity index (χ0v) is 14.5. The van der Waals surface area contributed by atoms with Gasteiger partial charge in [0.05, 0.1) is 18.4 Å². The highest BCUT2D eigenvalue weighted by atomic mass is 32.1. The third-order valence-corrected chi connectivity index (χ3v) is 4.99. The molecule has 1 aliphatic rings. The van der Waals surface area contributed by atoms with E-state index in [9.17, 15) is 0 Å². The maximum Gasteiger partial charge on any atom is 0.185 e. The molecule has 1 atom stereocenters. The molecule has 5 heteroatoms. The summed E-state index contributed by atoms with van der Waals surface area (Å²) >= 11 is 1.87. The molecule has 0 amide bonds. The van der Waals surface area contributed by atoms with Gasteiger partial charge in [-0.2, -0.15) is 0 Å². The first-order chi connectivity index (χ1) is 10.3. The summed E-state index contributed by atoms with van der Waals surface area (Å²) in [6.07, 6.45) is 4.86. The number of ether oxygens (including phenoxy) is 1. The Labute approximate surface area is 132 Å². The number of thiazole rings is 1. The fourth-order valence-electron chi connectivity index (χ4n) is 2.59. The molecule has 0 bridgehead atoms. The highest BCUT2D eigenvalue weighted by Crippen LogP contribution is 2.29. The van der Waals surface area contributed by atoms with Crippen molar-refractivity contribution in [2.75, 3.05) is 31.1 Å². The van der Waals surface area contributed by atoms with E-state index in [2.05, 4.69) is 31.0 Å². The highest BCUT2D eigenvalue weighted by molar-refractivity contribution is 7.15. The van der Waals surface area contributed by atoms with Crippen LogP contribution in [-0.2, 0) is 17.7 Å². The van der Waals surface area contributed by atoms with Crippen LogP contribution in [0, 0.1) is 0 Å². The highest BCUT2D eigenvalue weighted by Gasteiger charge is 2.22. The molecule has 1 N–H and O–H groups in total. The van der Waals surface area contributed by atoms with Gasteiger partial charge in [-0.1, -0.05) is 27.2 Å². The Morgan fingerprint density at radius 3 is 2.90 bits per heavy atom. The number of nitrogens with zero attached hydrogens (tertiary/aromatic N) is 2. The molecule has 21 heavy (non-hydrogen) atoms. The molecule has 0 saturated carbocycles. The molecule has 120 valence electrons. The van der Waals surface area contributed by atoms with Crippen molar-refractivity contribution in [1.29, 1.82) is 0 Å². The van der Waals surface area contributed by atoms with E-state index in [0.717, 1.165) is 52.0 Å². The number of anilines is 1. The van der Waals surface area contributed by atoms with Gasteiger partial charge in [0.15, 0.2) is 5.13 Å². The Hall–Kier alpha value is -0.650. The minimum Gasteiger partial charge on any atom is -0.375 e. The van der Waals surface area contributed by atoms with Crippen molar-refractivity contribution in [3.05, 3.63) is 10.6 Å². The van der Waals surface area contributed by atoms with Crippen LogP contribution in [0.25, 0.3) is 0 Å². The Morgan fingerprint density at radius 2 is 2.19 bits per heavy atom. The van der Waals surface area contributed by atoms with Gasteiger partial charge in [-0.3, -0.25) is 0 Å². The SMILES string of the molecule is CCCNCc1sc(N2CCOC(CC)C2)nc1CCC. The zero-order chi connectivity index (χ0) is 15.1. The minimum absolute atomic E-state index is 0.360. The summed E-state index contributed by atoms with van der Waals surface area (Å²) in [5.41, 5.74) is 1.29. The van der Waals surface area contributed by atoms with Crippen LogP contribution < -0.4 is 10.2 Å². The molecular weight excluding hydrogens is 282 g/mol. The van der Waals surface area contributed by atoms with Crippen LogP contribution in [0.3, 0.4) is 0 Å². The first kappa shape index (κ1) is 16.7. The molecule has 0 aromatic carbocycles. The van der Waals surface area contributed by atoms with Crippen LogP contribution in [0.4, 0.5) is 5.13 Å². The summed E-state index contributed by atoms with van der Waals surface area (Å²) in [5.74, 6) is 0. The molecule has 0 radical (unpaired) electrons. The van der Waals surface area contributed by atoms with E-state index in [-0.39, 0.29) is 0 Å². The molecule has 4 nitrogen and oxygen atoms in total. The topological polar surface area (TPSA) is 37.4 Å². The quantitative estimate of drug-likeness (QED) is 0.748. The van der Waals surface area contributed by atoms with Gasteiger partial charge in [0.25, 0.3) is 0 Å². The predicted molar refractivity (Wildman–Crippen MR) is 90.4 cm³/mol. The lowest BCUT2D eigenvalue weighted by Gasteiger charge is -2.32. The molecular formula is C16H29N3OS. The maximum absolute atomic E-state index is 5.77. The van der Waals surface area contributed by atoms with Gasteiger partial charge in [0, 0.05) is 24.5 Å². The zero-order valence-electron chi connectivity index (χ0n) is 13.7. The third kappa shape index (κ3) is 4.66. The van der Waals surface area contributed by atoms with Crippen molar-refractivity contribution in [2.45, 2.75) is 59.1 Å². The van der Waals surface area contributed by atoms with E-state index in [4.69, 9.17) is 9.72 Å². The minimum atomic E-state index is 0.360. The Balaban J connectivity index is 2.06. The Kier molecular flexibility index (Phi) is 6.93. The van der Waals surface area contributed by atoms with Crippen LogP contribution in [0.2, 0.25) is 0 Å². The second-order valence-corrected chi connectivity index (χ2v) is 6.70. The van der Waals surface area contributed by atoms with Crippen LogP contribution in [0.5, 0.6) is 0 Å². The van der Waals surface area contributed by atoms with Crippen LogP contribution in [0.15, 0.2) is 0 Å². The van der Waals surface area contributed by atoms with Gasteiger partial charge in [-0.25, -0.2) is 4.98 Å². The molecule has 1 saturated heterocycles. The molecule has 1 aromatic heterocycles. The monoisotopic (exact) mass is 311 g/mol. The summed E-state index contributed by atoms with van der Waals surface area (Å²) in [6.45, 7) is 11.4. The van der Waals surface area contributed by atoms with Gasteiger partial charge in [-0.15, -0.1) is 11.3 Å². The van der Waals surface area contributed by atoms with E-state index >= 15 is 0 Å². The lowest BCUT2D eigenvalue weighted by Crippen LogP contribution is -2.42. The van der Waals surface area contributed by atoms with Crippen molar-refractivity contribution < 1.29 is 4.74 Å². The number of hydrogen-bond acceptors (Lipinski definition) is 5. The number of aryl methyl sites for hydroxylation is 1. The first-order valence-electron chi connectivity index (χ1n) is 8.34.